The third-order valence-corrected chi connectivity index (χ3v) is 6.94. The Balaban J connectivity index is 3.02. The topological polar surface area (TPSA) is 0 Å². The van der Waals surface area contributed by atoms with Gasteiger partial charge >= 0.3 is 0 Å². The molecule has 0 aliphatic heterocycles. The highest BCUT2D eigenvalue weighted by Crippen LogP contribution is 2.14. The lowest BCUT2D eigenvalue weighted by Gasteiger charge is -2.24. The van der Waals surface area contributed by atoms with Crippen molar-refractivity contribution in [3.63, 3.8) is 0 Å². The third kappa shape index (κ3) is 2.35. The molecular formula is C13H20Si. The highest BCUT2D eigenvalue weighted by atomic mass is 28.3. The molecule has 1 aromatic rings. The standard InChI is InChI=1S/C13H20Si/c1-5-9-12(2)14(3,4)13-10-7-6-8-11-13/h6-11H,5H2,1-4H3/b12-9+. The Labute approximate surface area is 88.7 Å². The summed E-state index contributed by atoms with van der Waals surface area (Å²) in [5.74, 6) is 0. The van der Waals surface area contributed by atoms with Crippen molar-refractivity contribution in [1.82, 2.24) is 0 Å². The molecule has 0 aromatic heterocycles. The van der Waals surface area contributed by atoms with E-state index in [0.29, 0.717) is 0 Å². The first-order valence-corrected chi connectivity index (χ1v) is 8.31. The van der Waals surface area contributed by atoms with E-state index in [-0.39, 0.29) is 0 Å². The van der Waals surface area contributed by atoms with Crippen molar-refractivity contribution in [2.45, 2.75) is 33.4 Å². The van der Waals surface area contributed by atoms with Gasteiger partial charge < -0.3 is 0 Å². The van der Waals surface area contributed by atoms with Gasteiger partial charge in [0.05, 0.1) is 0 Å². The van der Waals surface area contributed by atoms with Crippen molar-refractivity contribution >= 4 is 13.3 Å². The first-order valence-electron chi connectivity index (χ1n) is 5.31. The van der Waals surface area contributed by atoms with Crippen LogP contribution >= 0.6 is 0 Å². The van der Waals surface area contributed by atoms with Crippen LogP contribution in [0.1, 0.15) is 20.3 Å². The summed E-state index contributed by atoms with van der Waals surface area (Å²) in [5, 5.41) is 3.12. The zero-order valence-electron chi connectivity index (χ0n) is 9.67. The summed E-state index contributed by atoms with van der Waals surface area (Å²) in [6, 6.07) is 10.9. The van der Waals surface area contributed by atoms with E-state index in [1.807, 2.05) is 0 Å². The average molecular weight is 204 g/mol. The first-order chi connectivity index (χ1) is 6.59. The van der Waals surface area contributed by atoms with E-state index in [4.69, 9.17) is 0 Å². The highest BCUT2D eigenvalue weighted by Gasteiger charge is 2.24. The van der Waals surface area contributed by atoms with Crippen molar-refractivity contribution in [1.29, 1.82) is 0 Å². The summed E-state index contributed by atoms with van der Waals surface area (Å²) in [5.41, 5.74) is 0. The van der Waals surface area contributed by atoms with Crippen molar-refractivity contribution in [2.24, 2.45) is 0 Å². The van der Waals surface area contributed by atoms with Gasteiger partial charge in [0, 0.05) is 0 Å². The van der Waals surface area contributed by atoms with Gasteiger partial charge in [0.25, 0.3) is 0 Å². The Morgan fingerprint density at radius 2 is 1.79 bits per heavy atom. The molecule has 0 saturated carbocycles. The summed E-state index contributed by atoms with van der Waals surface area (Å²) in [4.78, 5) is 0. The van der Waals surface area contributed by atoms with Gasteiger partial charge in [0.1, 0.15) is 8.07 Å². The van der Waals surface area contributed by atoms with Crippen LogP contribution in [0.4, 0.5) is 0 Å². The van der Waals surface area contributed by atoms with E-state index in [0.717, 1.165) is 6.42 Å². The van der Waals surface area contributed by atoms with Gasteiger partial charge in [-0.05, 0) is 13.3 Å². The van der Waals surface area contributed by atoms with E-state index >= 15 is 0 Å². The van der Waals surface area contributed by atoms with Crippen LogP contribution < -0.4 is 5.19 Å². The van der Waals surface area contributed by atoms with Crippen LogP contribution in [0.15, 0.2) is 41.6 Å². The number of rotatable bonds is 3. The van der Waals surface area contributed by atoms with Gasteiger partial charge in [0.15, 0.2) is 0 Å². The predicted molar refractivity (Wildman–Crippen MR) is 67.6 cm³/mol. The molecule has 1 rings (SSSR count). The van der Waals surface area contributed by atoms with Crippen LogP contribution in [-0.4, -0.2) is 8.07 Å². The van der Waals surface area contributed by atoms with Crippen LogP contribution in [0.3, 0.4) is 0 Å². The van der Waals surface area contributed by atoms with Crippen LogP contribution in [0.5, 0.6) is 0 Å². The maximum atomic E-state index is 2.42. The van der Waals surface area contributed by atoms with Gasteiger partial charge in [0.2, 0.25) is 0 Å². The highest BCUT2D eigenvalue weighted by molar-refractivity contribution is 6.95. The smallest absolute Gasteiger partial charge is 0.0894 e. The Morgan fingerprint density at radius 3 is 2.29 bits per heavy atom. The second kappa shape index (κ2) is 4.60. The molecule has 0 fully saturated rings. The molecule has 0 nitrogen and oxygen atoms in total. The van der Waals surface area contributed by atoms with Gasteiger partial charge in [-0.2, -0.15) is 0 Å². The van der Waals surface area contributed by atoms with Crippen molar-refractivity contribution in [3.05, 3.63) is 41.6 Å². The summed E-state index contributed by atoms with van der Waals surface area (Å²) in [7, 11) is -1.34. The summed E-state index contributed by atoms with van der Waals surface area (Å²) in [6.45, 7) is 9.33. The molecule has 0 spiro atoms. The molecule has 0 amide bonds. The molecule has 0 aliphatic carbocycles. The number of hydrogen-bond donors (Lipinski definition) is 0. The molecule has 0 bridgehead atoms. The summed E-state index contributed by atoms with van der Waals surface area (Å²) < 4.78 is 0. The van der Waals surface area contributed by atoms with Gasteiger partial charge in [-0.3, -0.25) is 0 Å². The van der Waals surface area contributed by atoms with Crippen LogP contribution in [0, 0.1) is 0 Å². The normalized spacial score (nSPS) is 13.0. The second-order valence-corrected chi connectivity index (χ2v) is 8.90. The Bertz CT molecular complexity index is 309. The summed E-state index contributed by atoms with van der Waals surface area (Å²) in [6.07, 6.45) is 3.52. The number of benzene rings is 1. The molecule has 76 valence electrons. The second-order valence-electron chi connectivity index (χ2n) is 4.29. The Morgan fingerprint density at radius 1 is 1.21 bits per heavy atom. The lowest BCUT2D eigenvalue weighted by molar-refractivity contribution is 1.20. The molecule has 1 aromatic carbocycles. The van der Waals surface area contributed by atoms with Crippen molar-refractivity contribution < 1.29 is 0 Å². The molecule has 14 heavy (non-hydrogen) atoms. The molecule has 1 heteroatoms. The number of allylic oxidation sites excluding steroid dienone is 2. The van der Waals surface area contributed by atoms with Crippen molar-refractivity contribution in [3.8, 4) is 0 Å². The molecule has 0 heterocycles. The Hall–Kier alpha value is -0.823. The minimum atomic E-state index is -1.34. The average Bonchev–Trinajstić information content (AvgIpc) is 2.19. The SMILES string of the molecule is CC/C=C(\C)[Si](C)(C)c1ccccc1. The van der Waals surface area contributed by atoms with Crippen molar-refractivity contribution in [2.75, 3.05) is 0 Å². The molecule has 0 radical (unpaired) electrons. The molecule has 0 aliphatic rings. The first kappa shape index (κ1) is 11.3. The van der Waals surface area contributed by atoms with Gasteiger partial charge in [-0.25, -0.2) is 0 Å². The maximum absolute atomic E-state index is 2.42. The Kier molecular flexibility index (Phi) is 3.70. The minimum absolute atomic E-state index is 1.15. The fraction of sp³-hybridized carbons (Fsp3) is 0.385. The third-order valence-electron chi connectivity index (χ3n) is 2.99. The maximum Gasteiger partial charge on any atom is 0.106 e. The zero-order chi connectivity index (χ0) is 10.6. The molecule has 0 unspecified atom stereocenters. The number of hydrogen-bond acceptors (Lipinski definition) is 0. The lowest BCUT2D eigenvalue weighted by Crippen LogP contribution is -2.42. The summed E-state index contributed by atoms with van der Waals surface area (Å²) >= 11 is 0. The van der Waals surface area contributed by atoms with E-state index in [2.05, 4.69) is 63.3 Å². The van der Waals surface area contributed by atoms with Crippen LogP contribution in [0.2, 0.25) is 13.1 Å². The van der Waals surface area contributed by atoms with E-state index in [9.17, 15) is 0 Å². The van der Waals surface area contributed by atoms with Crippen LogP contribution in [-0.2, 0) is 0 Å². The monoisotopic (exact) mass is 204 g/mol. The molecule has 0 saturated heterocycles. The quantitative estimate of drug-likeness (QED) is 0.661. The molecule has 0 atom stereocenters. The zero-order valence-corrected chi connectivity index (χ0v) is 10.7. The fourth-order valence-electron chi connectivity index (χ4n) is 1.64. The van der Waals surface area contributed by atoms with E-state index in [1.165, 1.54) is 5.19 Å². The fourth-order valence-corrected chi connectivity index (χ4v) is 3.84. The van der Waals surface area contributed by atoms with E-state index < -0.39 is 8.07 Å². The van der Waals surface area contributed by atoms with Crippen LogP contribution in [0.25, 0.3) is 0 Å². The molecular weight excluding hydrogens is 184 g/mol. The largest absolute Gasteiger partial charge is 0.106 e. The minimum Gasteiger partial charge on any atom is -0.0894 e. The van der Waals surface area contributed by atoms with Gasteiger partial charge in [-0.1, -0.05) is 66.8 Å². The molecule has 0 N–H and O–H groups in total. The van der Waals surface area contributed by atoms with Gasteiger partial charge in [-0.15, -0.1) is 0 Å². The lowest BCUT2D eigenvalue weighted by atomic mass is 10.4. The predicted octanol–water partition coefficient (Wildman–Crippen LogP) is 3.50. The van der Waals surface area contributed by atoms with E-state index in [1.54, 1.807) is 5.20 Å².